The van der Waals surface area contributed by atoms with Crippen molar-refractivity contribution in [3.8, 4) is 16.9 Å². The van der Waals surface area contributed by atoms with E-state index in [1.165, 1.54) is 17.0 Å². The molecule has 0 unspecified atom stereocenters. The maximum absolute atomic E-state index is 13.8. The van der Waals surface area contributed by atoms with Crippen LogP contribution in [-0.2, 0) is 4.79 Å². The van der Waals surface area contributed by atoms with Gasteiger partial charge in [-0.15, -0.1) is 6.58 Å². The summed E-state index contributed by atoms with van der Waals surface area (Å²) >= 11 is 6.01. The van der Waals surface area contributed by atoms with E-state index in [1.54, 1.807) is 35.0 Å². The lowest BCUT2D eigenvalue weighted by Crippen LogP contribution is -2.38. The van der Waals surface area contributed by atoms with Crippen LogP contribution >= 0.6 is 11.6 Å². The fraction of sp³-hybridized carbons (Fsp3) is 0.107. The molecule has 1 N–H and O–H groups in total. The summed E-state index contributed by atoms with van der Waals surface area (Å²) in [5.74, 6) is -1.06. The van der Waals surface area contributed by atoms with E-state index in [1.807, 2.05) is 49.4 Å². The number of nitrogens with zero attached hydrogens (tertiary/aromatic N) is 3. The lowest BCUT2D eigenvalue weighted by atomic mass is 10.1. The van der Waals surface area contributed by atoms with Crippen molar-refractivity contribution in [1.29, 1.82) is 0 Å². The average Bonchev–Trinajstić information content (AvgIpc) is 3.29. The molecule has 6 nitrogen and oxygen atoms in total. The first kappa shape index (κ1) is 24.9. The highest BCUT2D eigenvalue weighted by atomic mass is 35.5. The van der Waals surface area contributed by atoms with E-state index >= 15 is 0 Å². The molecule has 182 valence electrons. The molecule has 0 aliphatic carbocycles. The second-order valence-electron chi connectivity index (χ2n) is 8.12. The Morgan fingerprint density at radius 3 is 2.53 bits per heavy atom. The quantitative estimate of drug-likeness (QED) is 0.305. The standard InChI is InChI=1S/C28H24ClFN4O2/c1-3-15-33(27(36)22-12-8-7-9-19(22)2)18-26(35)32-28-31-25(20-10-5-4-6-11-20)17-34(28)21-13-14-24(30)23(29)16-21/h3-14,16-17H,1,15,18H2,2H3,(H,31,32,35). The van der Waals surface area contributed by atoms with Crippen LogP contribution in [0.2, 0.25) is 5.02 Å². The van der Waals surface area contributed by atoms with E-state index in [4.69, 9.17) is 11.6 Å². The minimum atomic E-state index is -0.552. The number of rotatable bonds is 8. The normalized spacial score (nSPS) is 10.6. The molecular formula is C28H24ClFN4O2. The number of nitrogens with one attached hydrogen (secondary N) is 1. The predicted molar refractivity (Wildman–Crippen MR) is 140 cm³/mol. The molecule has 0 aliphatic heterocycles. The number of amides is 2. The van der Waals surface area contributed by atoms with Crippen LogP contribution in [0.5, 0.6) is 0 Å². The summed E-state index contributed by atoms with van der Waals surface area (Å²) in [6, 6.07) is 20.9. The molecule has 0 saturated carbocycles. The number of carbonyl (C=O) groups is 2. The van der Waals surface area contributed by atoms with E-state index in [-0.39, 0.29) is 30.0 Å². The number of benzene rings is 3. The van der Waals surface area contributed by atoms with Crippen molar-refractivity contribution >= 4 is 29.4 Å². The Labute approximate surface area is 213 Å². The van der Waals surface area contributed by atoms with Crippen molar-refractivity contribution in [2.75, 3.05) is 18.4 Å². The molecule has 0 aliphatic rings. The topological polar surface area (TPSA) is 67.2 Å². The van der Waals surface area contributed by atoms with E-state index in [2.05, 4.69) is 16.9 Å². The summed E-state index contributed by atoms with van der Waals surface area (Å²) in [5, 5.41) is 2.74. The molecule has 4 rings (SSSR count). The minimum Gasteiger partial charge on any atom is -0.326 e. The molecule has 0 saturated heterocycles. The summed E-state index contributed by atoms with van der Waals surface area (Å²) in [6.07, 6.45) is 3.30. The number of aromatic nitrogens is 2. The summed E-state index contributed by atoms with van der Waals surface area (Å²) in [5.41, 5.74) is 3.28. The summed E-state index contributed by atoms with van der Waals surface area (Å²) < 4.78 is 15.4. The van der Waals surface area contributed by atoms with Gasteiger partial charge in [-0.3, -0.25) is 19.5 Å². The van der Waals surface area contributed by atoms with Crippen molar-refractivity contribution in [3.63, 3.8) is 0 Å². The van der Waals surface area contributed by atoms with Gasteiger partial charge in [-0.2, -0.15) is 0 Å². The molecule has 0 bridgehead atoms. The minimum absolute atomic E-state index is 0.0549. The highest BCUT2D eigenvalue weighted by Gasteiger charge is 2.21. The van der Waals surface area contributed by atoms with Gasteiger partial charge in [0.15, 0.2) is 0 Å². The molecule has 1 heterocycles. The average molecular weight is 503 g/mol. The smallest absolute Gasteiger partial charge is 0.254 e. The zero-order valence-electron chi connectivity index (χ0n) is 19.6. The first-order valence-corrected chi connectivity index (χ1v) is 11.6. The Morgan fingerprint density at radius 2 is 1.83 bits per heavy atom. The number of carbonyl (C=O) groups excluding carboxylic acids is 2. The fourth-order valence-corrected chi connectivity index (χ4v) is 3.92. The molecular weight excluding hydrogens is 479 g/mol. The highest BCUT2D eigenvalue weighted by molar-refractivity contribution is 6.30. The van der Waals surface area contributed by atoms with Crippen molar-refractivity contribution in [2.45, 2.75) is 6.92 Å². The predicted octanol–water partition coefficient (Wildman–Crippen LogP) is 5.91. The van der Waals surface area contributed by atoms with Crippen LogP contribution in [0.1, 0.15) is 15.9 Å². The molecule has 3 aromatic carbocycles. The molecule has 0 atom stereocenters. The van der Waals surface area contributed by atoms with Crippen LogP contribution in [0.25, 0.3) is 16.9 Å². The third-order valence-corrected chi connectivity index (χ3v) is 5.84. The van der Waals surface area contributed by atoms with Gasteiger partial charge in [0.1, 0.15) is 12.4 Å². The Kier molecular flexibility index (Phi) is 7.61. The summed E-state index contributed by atoms with van der Waals surface area (Å²) in [7, 11) is 0. The van der Waals surface area contributed by atoms with Gasteiger partial charge in [-0.25, -0.2) is 9.37 Å². The zero-order valence-corrected chi connectivity index (χ0v) is 20.4. The number of halogens is 2. The molecule has 8 heteroatoms. The Balaban J connectivity index is 1.63. The summed E-state index contributed by atoms with van der Waals surface area (Å²) in [6.45, 7) is 5.53. The Bertz CT molecular complexity index is 1420. The number of hydrogen-bond donors (Lipinski definition) is 1. The number of imidazole rings is 1. The monoisotopic (exact) mass is 502 g/mol. The summed E-state index contributed by atoms with van der Waals surface area (Å²) in [4.78, 5) is 32.2. The molecule has 0 fully saturated rings. The number of hydrogen-bond acceptors (Lipinski definition) is 3. The highest BCUT2D eigenvalue weighted by Crippen LogP contribution is 2.26. The molecule has 0 spiro atoms. The number of anilines is 1. The maximum Gasteiger partial charge on any atom is 0.254 e. The fourth-order valence-electron chi connectivity index (χ4n) is 3.74. The molecule has 0 radical (unpaired) electrons. The van der Waals surface area contributed by atoms with Gasteiger partial charge in [0.25, 0.3) is 5.91 Å². The van der Waals surface area contributed by atoms with Crippen LogP contribution in [0.4, 0.5) is 10.3 Å². The van der Waals surface area contributed by atoms with E-state index in [0.29, 0.717) is 16.9 Å². The third-order valence-electron chi connectivity index (χ3n) is 5.55. The second kappa shape index (κ2) is 11.0. The van der Waals surface area contributed by atoms with Gasteiger partial charge in [0.2, 0.25) is 11.9 Å². The first-order valence-electron chi connectivity index (χ1n) is 11.2. The van der Waals surface area contributed by atoms with Crippen LogP contribution < -0.4 is 5.32 Å². The Morgan fingerprint density at radius 1 is 1.11 bits per heavy atom. The van der Waals surface area contributed by atoms with Gasteiger partial charge in [-0.1, -0.05) is 66.2 Å². The number of aryl methyl sites for hydroxylation is 1. The zero-order chi connectivity index (χ0) is 25.7. The molecule has 2 amide bonds. The van der Waals surface area contributed by atoms with Gasteiger partial charge < -0.3 is 4.90 Å². The van der Waals surface area contributed by atoms with E-state index < -0.39 is 11.7 Å². The van der Waals surface area contributed by atoms with Gasteiger partial charge in [0, 0.05) is 23.9 Å². The third kappa shape index (κ3) is 5.53. The van der Waals surface area contributed by atoms with Gasteiger partial charge in [-0.05, 0) is 36.8 Å². The van der Waals surface area contributed by atoms with Gasteiger partial charge in [0.05, 0.1) is 16.4 Å². The van der Waals surface area contributed by atoms with E-state index in [0.717, 1.165) is 11.1 Å². The van der Waals surface area contributed by atoms with E-state index in [9.17, 15) is 14.0 Å². The van der Waals surface area contributed by atoms with Crippen molar-refractivity contribution in [1.82, 2.24) is 14.5 Å². The van der Waals surface area contributed by atoms with Crippen molar-refractivity contribution in [3.05, 3.63) is 114 Å². The van der Waals surface area contributed by atoms with Crippen molar-refractivity contribution < 1.29 is 14.0 Å². The van der Waals surface area contributed by atoms with Crippen LogP contribution in [0, 0.1) is 12.7 Å². The maximum atomic E-state index is 13.8. The second-order valence-corrected chi connectivity index (χ2v) is 8.53. The lowest BCUT2D eigenvalue weighted by molar-refractivity contribution is -0.116. The lowest BCUT2D eigenvalue weighted by Gasteiger charge is -2.21. The van der Waals surface area contributed by atoms with Crippen LogP contribution in [0.3, 0.4) is 0 Å². The Hall–Kier alpha value is -4.23. The SMILES string of the molecule is C=CCN(CC(=O)Nc1nc(-c2ccccc2)cn1-c1ccc(F)c(Cl)c1)C(=O)c1ccccc1C. The molecule has 36 heavy (non-hydrogen) atoms. The molecule has 1 aromatic heterocycles. The van der Waals surface area contributed by atoms with Crippen molar-refractivity contribution in [2.24, 2.45) is 0 Å². The molecule has 4 aromatic rings. The van der Waals surface area contributed by atoms with Gasteiger partial charge >= 0.3 is 0 Å². The first-order chi connectivity index (χ1) is 17.4. The van der Waals surface area contributed by atoms with Crippen LogP contribution in [0.15, 0.2) is 91.6 Å². The largest absolute Gasteiger partial charge is 0.326 e. The van der Waals surface area contributed by atoms with Crippen LogP contribution in [-0.4, -0.2) is 39.4 Å².